The number of ether oxygens (including phenoxy) is 1. The molecule has 1 aromatic carbocycles. The van der Waals surface area contributed by atoms with Gasteiger partial charge in [-0.3, -0.25) is 4.68 Å². The molecule has 5 rings (SSSR count). The van der Waals surface area contributed by atoms with E-state index in [4.69, 9.17) is 4.74 Å². The van der Waals surface area contributed by atoms with Crippen LogP contribution in [0.4, 0.5) is 4.79 Å². The summed E-state index contributed by atoms with van der Waals surface area (Å²) in [6.45, 7) is 7.43. The molecule has 0 saturated heterocycles. The van der Waals surface area contributed by atoms with Crippen LogP contribution in [-0.4, -0.2) is 44.9 Å². The number of allylic oxidation sites excluding steroid dienone is 1. The zero-order chi connectivity index (χ0) is 28.8. The predicted octanol–water partition coefficient (Wildman–Crippen LogP) is 6.05. The number of aromatic nitrogens is 4. The minimum Gasteiger partial charge on any atom is -0.444 e. The van der Waals surface area contributed by atoms with Crippen molar-refractivity contribution in [3.63, 3.8) is 0 Å². The van der Waals surface area contributed by atoms with Crippen molar-refractivity contribution in [1.82, 2.24) is 24.1 Å². The minimum atomic E-state index is -3.89. The lowest BCUT2D eigenvalue weighted by atomic mass is 9.86. The highest BCUT2D eigenvalue weighted by molar-refractivity contribution is 14.1. The Morgan fingerprint density at radius 1 is 1.15 bits per heavy atom. The van der Waals surface area contributed by atoms with Crippen LogP contribution >= 0.6 is 22.6 Å². The van der Waals surface area contributed by atoms with Gasteiger partial charge in [0.05, 0.1) is 11.1 Å². The molecule has 4 aromatic rings. The maximum Gasteiger partial charge on any atom is 0.407 e. The van der Waals surface area contributed by atoms with Crippen LogP contribution in [0.3, 0.4) is 0 Å². The molecule has 0 spiro atoms. The van der Waals surface area contributed by atoms with Crippen LogP contribution in [0.5, 0.6) is 0 Å². The Balaban J connectivity index is 1.63. The fourth-order valence-corrected chi connectivity index (χ4v) is 7.25. The van der Waals surface area contributed by atoms with Gasteiger partial charge in [-0.25, -0.2) is 22.2 Å². The number of hydrogen-bond donors (Lipinski definition) is 1. The lowest BCUT2D eigenvalue weighted by Gasteiger charge is -2.27. The van der Waals surface area contributed by atoms with E-state index in [1.807, 2.05) is 40.9 Å². The van der Waals surface area contributed by atoms with Gasteiger partial charge < -0.3 is 10.1 Å². The molecule has 3 aromatic heterocycles. The van der Waals surface area contributed by atoms with Crippen LogP contribution in [0.25, 0.3) is 27.7 Å². The first-order chi connectivity index (χ1) is 18.8. The fraction of sp³-hybridized carbons (Fsp3) is 0.345. The Kier molecular flexibility index (Phi) is 7.55. The topological polar surface area (TPSA) is 108 Å². The Bertz CT molecular complexity index is 1730. The highest BCUT2D eigenvalue weighted by Gasteiger charge is 2.29. The van der Waals surface area contributed by atoms with Crippen molar-refractivity contribution < 1.29 is 17.9 Å². The van der Waals surface area contributed by atoms with Gasteiger partial charge in [-0.2, -0.15) is 5.10 Å². The SMILES string of the molecule is Cc1ccc(S(=O)(=O)n2cc(I)c3c(C4=CCCC(NC(=O)OC(C)(C)C)C4)c(-c4cnn(C)c4)cnc32)cc1. The van der Waals surface area contributed by atoms with E-state index in [1.54, 1.807) is 47.5 Å². The predicted molar refractivity (Wildman–Crippen MR) is 163 cm³/mol. The first-order valence-electron chi connectivity index (χ1n) is 13.0. The van der Waals surface area contributed by atoms with E-state index in [2.05, 4.69) is 44.1 Å². The fourth-order valence-electron chi connectivity index (χ4n) is 4.95. The molecule has 1 amide bonds. The van der Waals surface area contributed by atoms with Gasteiger partial charge in [-0.05, 0) is 92.8 Å². The number of hydrogen-bond acceptors (Lipinski definition) is 6. The van der Waals surface area contributed by atoms with Crippen LogP contribution in [0.1, 0.15) is 51.2 Å². The maximum absolute atomic E-state index is 13.7. The molecule has 210 valence electrons. The van der Waals surface area contributed by atoms with Crippen molar-refractivity contribution in [2.45, 2.75) is 63.5 Å². The summed E-state index contributed by atoms with van der Waals surface area (Å²) in [6, 6.07) is 6.67. The van der Waals surface area contributed by atoms with Crippen LogP contribution < -0.4 is 5.32 Å². The quantitative estimate of drug-likeness (QED) is 0.259. The van der Waals surface area contributed by atoms with Gasteiger partial charge in [-0.15, -0.1) is 0 Å². The van der Waals surface area contributed by atoms with E-state index in [1.165, 1.54) is 3.97 Å². The normalized spacial score (nSPS) is 16.1. The molecule has 0 aliphatic heterocycles. The smallest absolute Gasteiger partial charge is 0.407 e. The van der Waals surface area contributed by atoms with E-state index in [-0.39, 0.29) is 10.9 Å². The second-order valence-electron chi connectivity index (χ2n) is 11.1. The average Bonchev–Trinajstić information content (AvgIpc) is 3.46. The van der Waals surface area contributed by atoms with E-state index in [0.717, 1.165) is 49.6 Å². The Hall–Kier alpha value is -3.19. The number of amides is 1. The number of nitrogens with one attached hydrogen (secondary N) is 1. The zero-order valence-electron chi connectivity index (χ0n) is 23.1. The number of alkyl carbamates (subject to hydrolysis) is 1. The molecule has 1 atom stereocenters. The summed E-state index contributed by atoms with van der Waals surface area (Å²) in [5.74, 6) is 0. The summed E-state index contributed by atoms with van der Waals surface area (Å²) in [6.07, 6.45) is 10.9. The monoisotopic (exact) mass is 673 g/mol. The van der Waals surface area contributed by atoms with Gasteiger partial charge in [0.2, 0.25) is 0 Å². The molecule has 0 fully saturated rings. The largest absolute Gasteiger partial charge is 0.444 e. The molecular weight excluding hydrogens is 641 g/mol. The third kappa shape index (κ3) is 5.67. The molecule has 9 nitrogen and oxygen atoms in total. The summed E-state index contributed by atoms with van der Waals surface area (Å²) < 4.78 is 36.7. The molecule has 1 N–H and O–H groups in total. The molecule has 3 heterocycles. The van der Waals surface area contributed by atoms with Gasteiger partial charge in [-0.1, -0.05) is 23.8 Å². The number of carbonyl (C=O) groups is 1. The molecule has 0 radical (unpaired) electrons. The number of nitrogens with zero attached hydrogens (tertiary/aromatic N) is 4. The number of rotatable bonds is 5. The molecule has 0 bridgehead atoms. The van der Waals surface area contributed by atoms with Crippen LogP contribution in [-0.2, 0) is 21.8 Å². The van der Waals surface area contributed by atoms with Gasteiger partial charge in [0, 0.05) is 51.8 Å². The molecule has 11 heteroatoms. The number of fused-ring (bicyclic) bond motifs is 1. The van der Waals surface area contributed by atoms with Gasteiger partial charge in [0.1, 0.15) is 5.60 Å². The van der Waals surface area contributed by atoms with Crippen LogP contribution in [0.2, 0.25) is 0 Å². The number of carbonyl (C=O) groups excluding carboxylic acids is 1. The van der Waals surface area contributed by atoms with Crippen LogP contribution in [0.15, 0.2) is 60.0 Å². The van der Waals surface area contributed by atoms with Crippen molar-refractivity contribution in [2.75, 3.05) is 0 Å². The van der Waals surface area contributed by atoms with Crippen molar-refractivity contribution in [3.05, 3.63) is 69.8 Å². The minimum absolute atomic E-state index is 0.129. The first-order valence-corrected chi connectivity index (χ1v) is 15.5. The second-order valence-corrected chi connectivity index (χ2v) is 14.1. The number of benzene rings is 1. The Morgan fingerprint density at radius 3 is 2.52 bits per heavy atom. The summed E-state index contributed by atoms with van der Waals surface area (Å²) in [5.41, 5.74) is 4.39. The first kappa shape index (κ1) is 28.3. The third-order valence-electron chi connectivity index (χ3n) is 6.74. The van der Waals surface area contributed by atoms with Crippen molar-refractivity contribution in [3.8, 4) is 11.1 Å². The number of halogens is 1. The van der Waals surface area contributed by atoms with E-state index in [9.17, 15) is 13.2 Å². The molecule has 1 aliphatic carbocycles. The molecule has 40 heavy (non-hydrogen) atoms. The van der Waals surface area contributed by atoms with Gasteiger partial charge in [0.15, 0.2) is 5.65 Å². The summed E-state index contributed by atoms with van der Waals surface area (Å²) in [7, 11) is -2.04. The molecule has 1 aliphatic rings. The summed E-state index contributed by atoms with van der Waals surface area (Å²) >= 11 is 2.18. The Labute approximate surface area is 247 Å². The van der Waals surface area contributed by atoms with Gasteiger partial charge in [0.25, 0.3) is 10.0 Å². The molecule has 0 saturated carbocycles. The molecule has 1 unspecified atom stereocenters. The highest BCUT2D eigenvalue weighted by atomic mass is 127. The highest BCUT2D eigenvalue weighted by Crippen LogP contribution is 2.41. The molecular formula is C29H32IN5O4S. The van der Waals surface area contributed by atoms with Crippen molar-refractivity contribution in [1.29, 1.82) is 0 Å². The number of aryl methyl sites for hydroxylation is 2. The van der Waals surface area contributed by atoms with E-state index in [0.29, 0.717) is 12.1 Å². The summed E-state index contributed by atoms with van der Waals surface area (Å²) in [4.78, 5) is 17.4. The van der Waals surface area contributed by atoms with Crippen LogP contribution in [0, 0.1) is 10.5 Å². The van der Waals surface area contributed by atoms with E-state index < -0.39 is 21.7 Å². The second kappa shape index (κ2) is 10.7. The standard InChI is InChI=1S/C29H32IN5O4S/c1-18-9-11-22(12-10-18)40(37,38)35-17-24(30)26-25(23(15-31-27(26)35)20-14-32-34(5)16-20)19-7-6-8-21(13-19)33-28(36)39-29(2,3)4/h7,9-12,14-17,21H,6,8,13H2,1-5H3,(H,33,36). The van der Waals surface area contributed by atoms with E-state index >= 15 is 0 Å². The third-order valence-corrected chi connectivity index (χ3v) is 9.23. The lowest BCUT2D eigenvalue weighted by molar-refractivity contribution is 0.0502. The number of pyridine rings is 1. The maximum atomic E-state index is 13.7. The Morgan fingerprint density at radius 2 is 1.88 bits per heavy atom. The van der Waals surface area contributed by atoms with Crippen molar-refractivity contribution in [2.24, 2.45) is 7.05 Å². The van der Waals surface area contributed by atoms with Crippen molar-refractivity contribution >= 4 is 55.3 Å². The average molecular weight is 674 g/mol. The zero-order valence-corrected chi connectivity index (χ0v) is 26.1. The summed E-state index contributed by atoms with van der Waals surface area (Å²) in [5, 5.41) is 8.13. The van der Waals surface area contributed by atoms with Gasteiger partial charge >= 0.3 is 6.09 Å². The lowest BCUT2D eigenvalue weighted by Crippen LogP contribution is -2.39.